The number of fused-ring (bicyclic) bond motifs is 1. The van der Waals surface area contributed by atoms with E-state index < -0.39 is 0 Å². The highest BCUT2D eigenvalue weighted by molar-refractivity contribution is 5.95. The molecule has 2 atom stereocenters. The van der Waals surface area contributed by atoms with Gasteiger partial charge in [-0.1, -0.05) is 30.3 Å². The number of methoxy groups -OCH3 is 3. The first kappa shape index (κ1) is 24.6. The molecule has 1 heterocycles. The summed E-state index contributed by atoms with van der Waals surface area (Å²) in [5.41, 5.74) is 5.18. The van der Waals surface area contributed by atoms with Crippen LogP contribution in [0, 0.1) is 6.92 Å². The number of nitrogens with one attached hydrogen (secondary N) is 1. The molecule has 1 aliphatic rings. The van der Waals surface area contributed by atoms with Crippen molar-refractivity contribution in [1.29, 1.82) is 0 Å². The van der Waals surface area contributed by atoms with E-state index in [1.165, 1.54) is 5.56 Å². The quantitative estimate of drug-likeness (QED) is 0.501. The van der Waals surface area contributed by atoms with Crippen molar-refractivity contribution >= 4 is 5.91 Å². The van der Waals surface area contributed by atoms with E-state index in [0.717, 1.165) is 47.7 Å². The van der Waals surface area contributed by atoms with Gasteiger partial charge in [0, 0.05) is 24.7 Å². The molecule has 0 radical (unpaired) electrons. The third-order valence-electron chi connectivity index (χ3n) is 6.77. The number of hydrogen-bond acceptors (Lipinski definition) is 5. The maximum atomic E-state index is 13.2. The second kappa shape index (κ2) is 10.8. The van der Waals surface area contributed by atoms with Crippen molar-refractivity contribution < 1.29 is 19.0 Å². The Kier molecular flexibility index (Phi) is 7.61. The van der Waals surface area contributed by atoms with Crippen molar-refractivity contribution in [1.82, 2.24) is 10.2 Å². The normalized spacial score (nSPS) is 16.2. The molecule has 6 nitrogen and oxygen atoms in total. The molecule has 0 unspecified atom stereocenters. The molecule has 0 aromatic heterocycles. The first-order valence-corrected chi connectivity index (χ1v) is 11.9. The summed E-state index contributed by atoms with van der Waals surface area (Å²) in [6.45, 7) is 5.63. The van der Waals surface area contributed by atoms with E-state index in [-0.39, 0.29) is 18.0 Å². The summed E-state index contributed by atoms with van der Waals surface area (Å²) >= 11 is 0. The Morgan fingerprint density at radius 2 is 1.74 bits per heavy atom. The molecule has 1 N–H and O–H groups in total. The second-order valence-electron chi connectivity index (χ2n) is 9.00. The number of rotatable bonds is 8. The molecular weight excluding hydrogens is 440 g/mol. The van der Waals surface area contributed by atoms with Crippen LogP contribution in [-0.4, -0.2) is 44.7 Å². The monoisotopic (exact) mass is 474 g/mol. The van der Waals surface area contributed by atoms with Crippen molar-refractivity contribution in [2.75, 3.05) is 27.9 Å². The van der Waals surface area contributed by atoms with E-state index in [4.69, 9.17) is 14.2 Å². The van der Waals surface area contributed by atoms with Gasteiger partial charge in [0.15, 0.2) is 11.5 Å². The molecule has 0 saturated carbocycles. The number of carbonyl (C=O) groups excluding carboxylic acids is 1. The van der Waals surface area contributed by atoms with Crippen LogP contribution in [0.3, 0.4) is 0 Å². The number of hydrogen-bond donors (Lipinski definition) is 1. The van der Waals surface area contributed by atoms with Crippen molar-refractivity contribution in [2.24, 2.45) is 0 Å². The molecule has 3 aromatic rings. The van der Waals surface area contributed by atoms with Crippen LogP contribution < -0.4 is 19.5 Å². The Labute approximate surface area is 207 Å². The largest absolute Gasteiger partial charge is 0.497 e. The van der Waals surface area contributed by atoms with Gasteiger partial charge in [-0.2, -0.15) is 0 Å². The third-order valence-corrected chi connectivity index (χ3v) is 6.77. The van der Waals surface area contributed by atoms with Crippen molar-refractivity contribution in [2.45, 2.75) is 38.9 Å². The van der Waals surface area contributed by atoms with E-state index in [9.17, 15) is 4.79 Å². The van der Waals surface area contributed by atoms with E-state index in [1.54, 1.807) is 21.3 Å². The number of ether oxygens (including phenoxy) is 3. The summed E-state index contributed by atoms with van der Waals surface area (Å²) in [4.78, 5) is 15.6. The summed E-state index contributed by atoms with van der Waals surface area (Å²) in [7, 11) is 4.99. The van der Waals surface area contributed by atoms with Gasteiger partial charge in [0.05, 0.1) is 27.4 Å². The molecule has 3 aromatic carbocycles. The minimum Gasteiger partial charge on any atom is -0.497 e. The Hall–Kier alpha value is -3.51. The lowest BCUT2D eigenvalue weighted by Crippen LogP contribution is -2.47. The molecule has 35 heavy (non-hydrogen) atoms. The molecule has 0 aliphatic carbocycles. The lowest BCUT2D eigenvalue weighted by molar-refractivity contribution is 0.0876. The summed E-state index contributed by atoms with van der Waals surface area (Å²) in [6.07, 6.45) is 0.884. The molecule has 0 bridgehead atoms. The number of aryl methyl sites for hydroxylation is 1. The minimum atomic E-state index is -0.148. The molecule has 4 rings (SSSR count). The number of carbonyl (C=O) groups is 1. The van der Waals surface area contributed by atoms with E-state index in [2.05, 4.69) is 41.4 Å². The molecule has 1 aliphatic heterocycles. The Balaban J connectivity index is 1.70. The van der Waals surface area contributed by atoms with Gasteiger partial charge in [0.1, 0.15) is 5.75 Å². The first-order valence-electron chi connectivity index (χ1n) is 11.9. The van der Waals surface area contributed by atoms with Gasteiger partial charge in [-0.3, -0.25) is 9.69 Å². The summed E-state index contributed by atoms with van der Waals surface area (Å²) < 4.78 is 16.6. The molecule has 0 saturated heterocycles. The van der Waals surface area contributed by atoms with Crippen molar-refractivity contribution in [3.63, 3.8) is 0 Å². The summed E-state index contributed by atoms with van der Waals surface area (Å²) in [5, 5.41) is 3.27. The number of nitrogens with zero attached hydrogens (tertiary/aromatic N) is 1. The van der Waals surface area contributed by atoms with Gasteiger partial charge < -0.3 is 19.5 Å². The predicted octanol–water partition coefficient (Wildman–Crippen LogP) is 4.94. The van der Waals surface area contributed by atoms with Gasteiger partial charge in [-0.05, 0) is 72.9 Å². The van der Waals surface area contributed by atoms with E-state index in [0.29, 0.717) is 11.3 Å². The van der Waals surface area contributed by atoms with Crippen LogP contribution in [0.25, 0.3) is 0 Å². The lowest BCUT2D eigenvalue weighted by atomic mass is 9.87. The maximum absolute atomic E-state index is 13.2. The van der Waals surface area contributed by atoms with Crippen LogP contribution in [0.4, 0.5) is 0 Å². The van der Waals surface area contributed by atoms with E-state index >= 15 is 0 Å². The second-order valence-corrected chi connectivity index (χ2v) is 9.00. The van der Waals surface area contributed by atoms with Crippen molar-refractivity contribution in [3.05, 3.63) is 88.5 Å². The van der Waals surface area contributed by atoms with Gasteiger partial charge >= 0.3 is 0 Å². The van der Waals surface area contributed by atoms with Crippen LogP contribution >= 0.6 is 0 Å². The van der Waals surface area contributed by atoms with Gasteiger partial charge in [0.25, 0.3) is 5.91 Å². The predicted molar refractivity (Wildman–Crippen MR) is 138 cm³/mol. The zero-order valence-electron chi connectivity index (χ0n) is 21.1. The van der Waals surface area contributed by atoms with Crippen LogP contribution in [0.1, 0.15) is 45.6 Å². The zero-order chi connectivity index (χ0) is 24.9. The van der Waals surface area contributed by atoms with Crippen LogP contribution in [0.5, 0.6) is 17.2 Å². The van der Waals surface area contributed by atoms with Gasteiger partial charge in [-0.25, -0.2) is 0 Å². The molecule has 6 heteroatoms. The van der Waals surface area contributed by atoms with Crippen LogP contribution in [0.2, 0.25) is 0 Å². The fourth-order valence-corrected chi connectivity index (χ4v) is 4.99. The average molecular weight is 475 g/mol. The Morgan fingerprint density at radius 3 is 2.46 bits per heavy atom. The SMILES string of the molecule is COc1cccc(CN2CCc3cc(OC)c(OC)cc3[C@H]2[C@H](C)NC(=O)c2ccccc2C)c1. The topological polar surface area (TPSA) is 60.0 Å². The third kappa shape index (κ3) is 5.28. The highest BCUT2D eigenvalue weighted by Gasteiger charge is 2.34. The van der Waals surface area contributed by atoms with Crippen molar-refractivity contribution in [3.8, 4) is 17.2 Å². The fraction of sp³-hybridized carbons (Fsp3) is 0.345. The standard InChI is InChI=1S/C29H34N2O4/c1-19-9-6-7-12-24(19)29(32)30-20(2)28-25-17-27(35-5)26(34-4)16-22(25)13-14-31(28)18-21-10-8-11-23(15-21)33-3/h6-12,15-17,20,28H,13-14,18H2,1-5H3,(H,30,32)/t20-,28+/m0/s1. The Bertz CT molecular complexity index is 1190. The maximum Gasteiger partial charge on any atom is 0.251 e. The molecule has 0 fully saturated rings. The number of benzene rings is 3. The molecule has 1 amide bonds. The fourth-order valence-electron chi connectivity index (χ4n) is 4.99. The smallest absolute Gasteiger partial charge is 0.251 e. The summed E-state index contributed by atoms with van der Waals surface area (Å²) in [5.74, 6) is 2.19. The number of amides is 1. The zero-order valence-corrected chi connectivity index (χ0v) is 21.1. The van der Waals surface area contributed by atoms with Gasteiger partial charge in [-0.15, -0.1) is 0 Å². The Morgan fingerprint density at radius 1 is 1.00 bits per heavy atom. The van der Waals surface area contributed by atoms with E-state index in [1.807, 2.05) is 43.3 Å². The molecular formula is C29H34N2O4. The highest BCUT2D eigenvalue weighted by Crippen LogP contribution is 2.40. The summed E-state index contributed by atoms with van der Waals surface area (Å²) in [6, 6.07) is 19.8. The van der Waals surface area contributed by atoms with Crippen LogP contribution in [0.15, 0.2) is 60.7 Å². The minimum absolute atomic E-state index is 0.0438. The first-order chi connectivity index (χ1) is 16.9. The molecule has 0 spiro atoms. The lowest BCUT2D eigenvalue weighted by Gasteiger charge is -2.41. The average Bonchev–Trinajstić information content (AvgIpc) is 2.87. The molecule has 184 valence electrons. The van der Waals surface area contributed by atoms with Gasteiger partial charge in [0.2, 0.25) is 0 Å². The highest BCUT2D eigenvalue weighted by atomic mass is 16.5. The van der Waals surface area contributed by atoms with Crippen LogP contribution in [-0.2, 0) is 13.0 Å².